The van der Waals surface area contributed by atoms with Crippen LogP contribution in [0.15, 0.2) is 42.5 Å². The molecule has 0 bridgehead atoms. The van der Waals surface area contributed by atoms with Gasteiger partial charge in [0.15, 0.2) is 6.61 Å². The van der Waals surface area contributed by atoms with Gasteiger partial charge in [-0.3, -0.25) is 9.59 Å². The largest absolute Gasteiger partial charge is 0.484 e. The Hall–Kier alpha value is -2.53. The van der Waals surface area contributed by atoms with Gasteiger partial charge in [0.05, 0.1) is 0 Å². The quantitative estimate of drug-likeness (QED) is 0.629. The van der Waals surface area contributed by atoms with Gasteiger partial charge in [0.1, 0.15) is 11.8 Å². The number of nitrogens with zero attached hydrogens (tertiary/aromatic N) is 1. The van der Waals surface area contributed by atoms with E-state index in [1.807, 2.05) is 58.9 Å². The molecule has 0 spiro atoms. The maximum atomic E-state index is 13.1. The molecule has 0 aliphatic heterocycles. The summed E-state index contributed by atoms with van der Waals surface area (Å²) in [5.74, 6) is 0.172. The normalized spacial score (nSPS) is 11.8. The van der Waals surface area contributed by atoms with Crippen molar-refractivity contribution in [1.82, 2.24) is 10.2 Å². The molecular formula is C24H31ClN2O3. The van der Waals surface area contributed by atoms with Crippen molar-refractivity contribution in [2.24, 2.45) is 0 Å². The summed E-state index contributed by atoms with van der Waals surface area (Å²) < 4.78 is 5.72. The van der Waals surface area contributed by atoms with Crippen LogP contribution >= 0.6 is 11.6 Å². The van der Waals surface area contributed by atoms with Crippen molar-refractivity contribution in [3.05, 3.63) is 64.2 Å². The van der Waals surface area contributed by atoms with E-state index in [-0.39, 0.29) is 24.5 Å². The summed E-state index contributed by atoms with van der Waals surface area (Å²) in [5, 5.41) is 3.57. The summed E-state index contributed by atoms with van der Waals surface area (Å²) in [7, 11) is 0. The third kappa shape index (κ3) is 6.77. The summed E-state index contributed by atoms with van der Waals surface area (Å²) in [6.07, 6.45) is 0.510. The fraction of sp³-hybridized carbons (Fsp3) is 0.417. The number of carbonyl (C=O) groups excluding carboxylic acids is 2. The zero-order valence-corrected chi connectivity index (χ0v) is 19.1. The summed E-state index contributed by atoms with van der Waals surface area (Å²) in [6.45, 7) is 9.79. The monoisotopic (exact) mass is 430 g/mol. The summed E-state index contributed by atoms with van der Waals surface area (Å²) >= 11 is 6.06. The zero-order chi connectivity index (χ0) is 22.3. The van der Waals surface area contributed by atoms with Crippen LogP contribution in [0.4, 0.5) is 0 Å². The van der Waals surface area contributed by atoms with Gasteiger partial charge in [0, 0.05) is 17.6 Å². The molecule has 30 heavy (non-hydrogen) atoms. The minimum absolute atomic E-state index is 0.00392. The number of benzene rings is 2. The van der Waals surface area contributed by atoms with Crippen LogP contribution < -0.4 is 10.1 Å². The highest BCUT2D eigenvalue weighted by atomic mass is 35.5. The number of carbonyl (C=O) groups is 2. The van der Waals surface area contributed by atoms with Gasteiger partial charge in [0.25, 0.3) is 5.91 Å². The molecule has 0 unspecified atom stereocenters. The highest BCUT2D eigenvalue weighted by Crippen LogP contribution is 2.21. The number of hydrogen-bond acceptors (Lipinski definition) is 3. The fourth-order valence-corrected chi connectivity index (χ4v) is 3.36. The lowest BCUT2D eigenvalue weighted by molar-refractivity contribution is -0.143. The van der Waals surface area contributed by atoms with Gasteiger partial charge < -0.3 is 15.0 Å². The third-order valence-electron chi connectivity index (χ3n) is 4.74. The Labute approximate surface area is 184 Å². The predicted molar refractivity (Wildman–Crippen MR) is 121 cm³/mol. The van der Waals surface area contributed by atoms with E-state index in [0.29, 0.717) is 23.7 Å². The Kier molecular flexibility index (Phi) is 8.72. The lowest BCUT2D eigenvalue weighted by atomic mass is 10.1. The average molecular weight is 431 g/mol. The van der Waals surface area contributed by atoms with Crippen LogP contribution in [-0.4, -0.2) is 35.4 Å². The number of nitrogens with one attached hydrogen (secondary N) is 1. The number of hydrogen-bond donors (Lipinski definition) is 1. The molecule has 2 rings (SSSR count). The molecule has 1 N–H and O–H groups in total. The first-order chi connectivity index (χ1) is 14.2. The van der Waals surface area contributed by atoms with Gasteiger partial charge >= 0.3 is 0 Å². The van der Waals surface area contributed by atoms with Crippen LogP contribution in [0, 0.1) is 13.8 Å². The lowest BCUT2D eigenvalue weighted by Crippen LogP contribution is -2.51. The topological polar surface area (TPSA) is 58.6 Å². The van der Waals surface area contributed by atoms with Gasteiger partial charge in [-0.25, -0.2) is 0 Å². The van der Waals surface area contributed by atoms with E-state index in [1.165, 1.54) is 0 Å². The number of amides is 2. The molecule has 0 aliphatic carbocycles. The van der Waals surface area contributed by atoms with Crippen molar-refractivity contribution in [2.45, 2.75) is 59.7 Å². The fourth-order valence-electron chi connectivity index (χ4n) is 3.24. The van der Waals surface area contributed by atoms with E-state index in [1.54, 1.807) is 23.1 Å². The highest BCUT2D eigenvalue weighted by Gasteiger charge is 2.29. The zero-order valence-electron chi connectivity index (χ0n) is 18.4. The number of rotatable bonds is 9. The van der Waals surface area contributed by atoms with E-state index in [0.717, 1.165) is 16.7 Å². The van der Waals surface area contributed by atoms with Crippen LogP contribution in [-0.2, 0) is 16.1 Å². The van der Waals surface area contributed by atoms with Crippen molar-refractivity contribution >= 4 is 23.4 Å². The highest BCUT2D eigenvalue weighted by molar-refractivity contribution is 6.31. The molecule has 0 heterocycles. The smallest absolute Gasteiger partial charge is 0.261 e. The molecule has 2 amide bonds. The average Bonchev–Trinajstić information content (AvgIpc) is 2.68. The Balaban J connectivity index is 2.22. The molecule has 0 saturated carbocycles. The number of halogens is 1. The summed E-state index contributed by atoms with van der Waals surface area (Å²) in [5.41, 5.74) is 2.95. The number of aryl methyl sites for hydroxylation is 2. The molecule has 2 aromatic rings. The van der Waals surface area contributed by atoms with Gasteiger partial charge in [-0.15, -0.1) is 0 Å². The van der Waals surface area contributed by atoms with Gasteiger partial charge in [0.2, 0.25) is 5.91 Å². The Bertz CT molecular complexity index is 883. The van der Waals surface area contributed by atoms with Crippen LogP contribution in [0.5, 0.6) is 5.75 Å². The minimum atomic E-state index is -0.573. The molecular weight excluding hydrogens is 400 g/mol. The lowest BCUT2D eigenvalue weighted by Gasteiger charge is -2.31. The second-order valence-electron chi connectivity index (χ2n) is 7.80. The predicted octanol–water partition coefficient (Wildman–Crippen LogP) is 4.67. The third-order valence-corrected chi connectivity index (χ3v) is 5.17. The second-order valence-corrected chi connectivity index (χ2v) is 8.20. The summed E-state index contributed by atoms with van der Waals surface area (Å²) in [6, 6.07) is 12.6. The van der Waals surface area contributed by atoms with E-state index in [4.69, 9.17) is 16.3 Å². The molecule has 0 saturated heterocycles. The molecule has 5 nitrogen and oxygen atoms in total. The first-order valence-electron chi connectivity index (χ1n) is 10.3. The van der Waals surface area contributed by atoms with Crippen LogP contribution in [0.2, 0.25) is 5.02 Å². The van der Waals surface area contributed by atoms with Crippen molar-refractivity contribution in [2.75, 3.05) is 6.61 Å². The van der Waals surface area contributed by atoms with E-state index < -0.39 is 6.04 Å². The van der Waals surface area contributed by atoms with Crippen molar-refractivity contribution < 1.29 is 14.3 Å². The van der Waals surface area contributed by atoms with Crippen LogP contribution in [0.3, 0.4) is 0 Å². The molecule has 162 valence electrons. The first-order valence-corrected chi connectivity index (χ1v) is 10.6. The Morgan fingerprint density at radius 2 is 1.87 bits per heavy atom. The van der Waals surface area contributed by atoms with E-state index in [9.17, 15) is 9.59 Å². The SMILES string of the molecule is CC[C@@H](C(=O)NC(C)C)N(Cc1cccc(C)c1)C(=O)COc1ccc(Cl)c(C)c1. The molecule has 0 fully saturated rings. The van der Waals surface area contributed by atoms with Crippen LogP contribution in [0.1, 0.15) is 43.9 Å². The Morgan fingerprint density at radius 3 is 2.47 bits per heavy atom. The first kappa shape index (κ1) is 23.7. The van der Waals surface area contributed by atoms with Gasteiger partial charge in [-0.2, -0.15) is 0 Å². The summed E-state index contributed by atoms with van der Waals surface area (Å²) in [4.78, 5) is 27.5. The molecule has 0 aromatic heterocycles. The molecule has 6 heteroatoms. The second kappa shape index (κ2) is 11.0. The van der Waals surface area contributed by atoms with Gasteiger partial charge in [-0.1, -0.05) is 48.4 Å². The molecule has 0 aliphatic rings. The van der Waals surface area contributed by atoms with Crippen molar-refractivity contribution in [3.63, 3.8) is 0 Å². The van der Waals surface area contributed by atoms with E-state index in [2.05, 4.69) is 5.32 Å². The van der Waals surface area contributed by atoms with Crippen molar-refractivity contribution in [3.8, 4) is 5.75 Å². The maximum Gasteiger partial charge on any atom is 0.261 e. The maximum absolute atomic E-state index is 13.1. The van der Waals surface area contributed by atoms with Crippen LogP contribution in [0.25, 0.3) is 0 Å². The van der Waals surface area contributed by atoms with Crippen molar-refractivity contribution in [1.29, 1.82) is 0 Å². The molecule has 0 radical (unpaired) electrons. The minimum Gasteiger partial charge on any atom is -0.484 e. The number of ether oxygens (including phenoxy) is 1. The molecule has 1 atom stereocenters. The van der Waals surface area contributed by atoms with Gasteiger partial charge in [-0.05, 0) is 63.4 Å². The standard InChI is InChI=1S/C24H31ClN2O3/c1-6-22(24(29)26-16(2)3)27(14-19-9-7-8-17(4)12-19)23(28)15-30-20-10-11-21(25)18(5)13-20/h7-13,16,22H,6,14-15H2,1-5H3,(H,26,29)/t22-/m0/s1. The Morgan fingerprint density at radius 1 is 1.13 bits per heavy atom. The molecule has 2 aromatic carbocycles. The van der Waals surface area contributed by atoms with E-state index >= 15 is 0 Å².